The molecule has 6 heteroatoms. The molecule has 94 valence electrons. The molecular formula is C11H18N4O2. The molecule has 1 heterocycles. The largest absolute Gasteiger partial charge is 0.383 e. The summed E-state index contributed by atoms with van der Waals surface area (Å²) >= 11 is 0. The van der Waals surface area contributed by atoms with Crippen LogP contribution in [0.4, 0.5) is 5.82 Å². The second-order valence-corrected chi connectivity index (χ2v) is 3.54. The molecule has 1 amide bonds. The Labute approximate surface area is 101 Å². The lowest BCUT2D eigenvalue weighted by Crippen LogP contribution is -2.33. The van der Waals surface area contributed by atoms with E-state index in [1.165, 1.54) is 6.20 Å². The summed E-state index contributed by atoms with van der Waals surface area (Å²) in [6, 6.07) is 3.41. The number of rotatable bonds is 7. The molecular weight excluding hydrogens is 220 g/mol. The first-order valence-corrected chi connectivity index (χ1v) is 5.39. The standard InChI is InChI=1S/C11H18N4O2/c1-17-7-6-15(5-4-12)10-3-2-9(8-14-10)11(13)16/h2-3,8H,4-7,12H2,1H3,(H2,13,16). The van der Waals surface area contributed by atoms with Gasteiger partial charge in [-0.2, -0.15) is 0 Å². The van der Waals surface area contributed by atoms with E-state index < -0.39 is 5.91 Å². The van der Waals surface area contributed by atoms with Gasteiger partial charge in [0, 0.05) is 32.9 Å². The lowest BCUT2D eigenvalue weighted by molar-refractivity contribution is 0.1000. The highest BCUT2D eigenvalue weighted by atomic mass is 16.5. The van der Waals surface area contributed by atoms with Crippen molar-refractivity contribution in [1.29, 1.82) is 0 Å². The summed E-state index contributed by atoms with van der Waals surface area (Å²) in [5.74, 6) is 0.281. The number of amides is 1. The van der Waals surface area contributed by atoms with Crippen LogP contribution >= 0.6 is 0 Å². The van der Waals surface area contributed by atoms with Crippen LogP contribution in [0.15, 0.2) is 18.3 Å². The van der Waals surface area contributed by atoms with E-state index in [1.807, 2.05) is 4.90 Å². The van der Waals surface area contributed by atoms with Crippen molar-refractivity contribution in [1.82, 2.24) is 4.98 Å². The number of aromatic nitrogens is 1. The van der Waals surface area contributed by atoms with Gasteiger partial charge < -0.3 is 21.1 Å². The Hall–Kier alpha value is -1.66. The van der Waals surface area contributed by atoms with Gasteiger partial charge in [0.2, 0.25) is 5.91 Å². The second kappa shape index (κ2) is 6.82. The summed E-state index contributed by atoms with van der Waals surface area (Å²) in [6.45, 7) is 2.52. The van der Waals surface area contributed by atoms with Gasteiger partial charge in [0.15, 0.2) is 0 Å². The Morgan fingerprint density at radius 2 is 2.24 bits per heavy atom. The minimum Gasteiger partial charge on any atom is -0.383 e. The molecule has 4 N–H and O–H groups in total. The number of nitrogens with two attached hydrogens (primary N) is 2. The van der Waals surface area contributed by atoms with Gasteiger partial charge in [0.05, 0.1) is 12.2 Å². The van der Waals surface area contributed by atoms with E-state index in [0.717, 1.165) is 5.82 Å². The van der Waals surface area contributed by atoms with E-state index in [1.54, 1.807) is 19.2 Å². The van der Waals surface area contributed by atoms with E-state index in [2.05, 4.69) is 4.98 Å². The molecule has 0 aromatic carbocycles. The molecule has 0 aliphatic rings. The van der Waals surface area contributed by atoms with Gasteiger partial charge in [0.25, 0.3) is 0 Å². The van der Waals surface area contributed by atoms with Crippen molar-refractivity contribution >= 4 is 11.7 Å². The lowest BCUT2D eigenvalue weighted by Gasteiger charge is -2.22. The Balaban J connectivity index is 2.75. The van der Waals surface area contributed by atoms with Crippen molar-refractivity contribution in [3.05, 3.63) is 23.9 Å². The number of hydrogen-bond acceptors (Lipinski definition) is 5. The molecule has 0 aliphatic carbocycles. The maximum absolute atomic E-state index is 10.9. The first-order valence-electron chi connectivity index (χ1n) is 5.39. The van der Waals surface area contributed by atoms with Crippen molar-refractivity contribution in [2.24, 2.45) is 11.5 Å². The van der Waals surface area contributed by atoms with Crippen LogP contribution in [0.2, 0.25) is 0 Å². The van der Waals surface area contributed by atoms with Crippen LogP contribution in [-0.4, -0.2) is 44.2 Å². The first-order chi connectivity index (χ1) is 8.19. The van der Waals surface area contributed by atoms with Gasteiger partial charge in [-0.1, -0.05) is 0 Å². The number of primary amides is 1. The molecule has 0 atom stereocenters. The highest BCUT2D eigenvalue weighted by Gasteiger charge is 2.08. The molecule has 0 unspecified atom stereocenters. The van der Waals surface area contributed by atoms with Crippen molar-refractivity contribution in [3.8, 4) is 0 Å². The zero-order valence-electron chi connectivity index (χ0n) is 9.93. The van der Waals surface area contributed by atoms with Crippen LogP contribution < -0.4 is 16.4 Å². The predicted molar refractivity (Wildman–Crippen MR) is 65.9 cm³/mol. The van der Waals surface area contributed by atoms with E-state index in [0.29, 0.717) is 31.8 Å². The molecule has 0 aliphatic heterocycles. The molecule has 1 aromatic rings. The maximum Gasteiger partial charge on any atom is 0.250 e. The third-order valence-corrected chi connectivity index (χ3v) is 2.32. The van der Waals surface area contributed by atoms with Gasteiger partial charge in [0.1, 0.15) is 5.82 Å². The van der Waals surface area contributed by atoms with Crippen LogP contribution in [0.5, 0.6) is 0 Å². The number of carbonyl (C=O) groups is 1. The van der Waals surface area contributed by atoms with Gasteiger partial charge in [-0.15, -0.1) is 0 Å². The summed E-state index contributed by atoms with van der Waals surface area (Å²) < 4.78 is 5.02. The third kappa shape index (κ3) is 4.01. The van der Waals surface area contributed by atoms with Crippen LogP contribution in [0.25, 0.3) is 0 Å². The van der Waals surface area contributed by atoms with Crippen molar-refractivity contribution in [3.63, 3.8) is 0 Å². The highest BCUT2D eigenvalue weighted by molar-refractivity contribution is 5.92. The number of ether oxygens (including phenoxy) is 1. The molecule has 1 aromatic heterocycles. The average molecular weight is 238 g/mol. The number of anilines is 1. The summed E-state index contributed by atoms with van der Waals surface area (Å²) in [5.41, 5.74) is 11.1. The van der Waals surface area contributed by atoms with Crippen LogP contribution in [0, 0.1) is 0 Å². The fourth-order valence-corrected chi connectivity index (χ4v) is 1.42. The number of nitrogens with zero attached hydrogens (tertiary/aromatic N) is 2. The molecule has 1 rings (SSSR count). The predicted octanol–water partition coefficient (Wildman–Crippen LogP) is -0.408. The molecule has 0 spiro atoms. The Bertz CT molecular complexity index is 353. The third-order valence-electron chi connectivity index (χ3n) is 2.32. The SMILES string of the molecule is COCCN(CCN)c1ccc(C(N)=O)cn1. The van der Waals surface area contributed by atoms with E-state index >= 15 is 0 Å². The van der Waals surface area contributed by atoms with Crippen molar-refractivity contribution in [2.75, 3.05) is 38.3 Å². The van der Waals surface area contributed by atoms with Crippen LogP contribution in [0.3, 0.4) is 0 Å². The zero-order chi connectivity index (χ0) is 12.7. The zero-order valence-corrected chi connectivity index (χ0v) is 9.93. The van der Waals surface area contributed by atoms with Gasteiger partial charge in [-0.3, -0.25) is 4.79 Å². The average Bonchev–Trinajstić information content (AvgIpc) is 2.34. The Kier molecular flexibility index (Phi) is 5.38. The molecule has 0 saturated heterocycles. The number of carbonyl (C=O) groups excluding carboxylic acids is 1. The van der Waals surface area contributed by atoms with E-state index in [4.69, 9.17) is 16.2 Å². The number of pyridine rings is 1. The monoisotopic (exact) mass is 238 g/mol. The molecule has 0 fully saturated rings. The van der Waals surface area contributed by atoms with Crippen molar-refractivity contribution < 1.29 is 9.53 Å². The Morgan fingerprint density at radius 1 is 1.47 bits per heavy atom. The Morgan fingerprint density at radius 3 is 2.71 bits per heavy atom. The second-order valence-electron chi connectivity index (χ2n) is 3.54. The fourth-order valence-electron chi connectivity index (χ4n) is 1.42. The quantitative estimate of drug-likeness (QED) is 0.673. The summed E-state index contributed by atoms with van der Waals surface area (Å²) in [6.07, 6.45) is 1.47. The molecule has 0 bridgehead atoms. The van der Waals surface area contributed by atoms with Gasteiger partial charge >= 0.3 is 0 Å². The fraction of sp³-hybridized carbons (Fsp3) is 0.455. The number of hydrogen-bond donors (Lipinski definition) is 2. The maximum atomic E-state index is 10.9. The normalized spacial score (nSPS) is 10.2. The smallest absolute Gasteiger partial charge is 0.250 e. The number of methoxy groups -OCH3 is 1. The molecule has 0 saturated carbocycles. The topological polar surface area (TPSA) is 94.5 Å². The van der Waals surface area contributed by atoms with Gasteiger partial charge in [-0.05, 0) is 12.1 Å². The van der Waals surface area contributed by atoms with Crippen LogP contribution in [0.1, 0.15) is 10.4 Å². The van der Waals surface area contributed by atoms with E-state index in [9.17, 15) is 4.79 Å². The lowest BCUT2D eigenvalue weighted by atomic mass is 10.2. The highest BCUT2D eigenvalue weighted by Crippen LogP contribution is 2.10. The summed E-state index contributed by atoms with van der Waals surface area (Å²) in [5, 5.41) is 0. The van der Waals surface area contributed by atoms with Crippen molar-refractivity contribution in [2.45, 2.75) is 0 Å². The van der Waals surface area contributed by atoms with Crippen LogP contribution in [-0.2, 0) is 4.74 Å². The summed E-state index contributed by atoms with van der Waals surface area (Å²) in [4.78, 5) is 17.1. The first kappa shape index (κ1) is 13.4. The molecule has 0 radical (unpaired) electrons. The van der Waals surface area contributed by atoms with E-state index in [-0.39, 0.29) is 0 Å². The molecule has 17 heavy (non-hydrogen) atoms. The molecule has 6 nitrogen and oxygen atoms in total. The minimum atomic E-state index is -0.480. The summed E-state index contributed by atoms with van der Waals surface area (Å²) in [7, 11) is 1.64. The van der Waals surface area contributed by atoms with Gasteiger partial charge in [-0.25, -0.2) is 4.98 Å². The minimum absolute atomic E-state index is 0.396.